The van der Waals surface area contributed by atoms with Gasteiger partial charge < -0.3 is 0 Å². The molecular formula is C18H26O. The van der Waals surface area contributed by atoms with E-state index in [1.807, 2.05) is 0 Å². The quantitative estimate of drug-likeness (QED) is 0.692. The molecule has 1 aliphatic rings. The van der Waals surface area contributed by atoms with Crippen molar-refractivity contribution in [2.75, 3.05) is 0 Å². The second kappa shape index (κ2) is 4.47. The summed E-state index contributed by atoms with van der Waals surface area (Å²) in [6, 6.07) is 4.42. The van der Waals surface area contributed by atoms with Gasteiger partial charge in [-0.1, -0.05) is 40.7 Å². The molecular weight excluding hydrogens is 232 g/mol. The highest BCUT2D eigenvalue weighted by Gasteiger charge is 2.44. The molecule has 0 fully saturated rings. The largest absolute Gasteiger partial charge is 0.295 e. The molecule has 0 spiro atoms. The van der Waals surface area contributed by atoms with E-state index in [9.17, 15) is 4.79 Å². The van der Waals surface area contributed by atoms with Crippen molar-refractivity contribution in [1.82, 2.24) is 0 Å². The van der Waals surface area contributed by atoms with Gasteiger partial charge in [-0.2, -0.15) is 0 Å². The Morgan fingerprint density at radius 1 is 1.26 bits per heavy atom. The van der Waals surface area contributed by atoms with Crippen LogP contribution in [0.3, 0.4) is 0 Å². The fraction of sp³-hybridized carbons (Fsp3) is 0.611. The third kappa shape index (κ3) is 2.04. The Bertz CT molecular complexity index is 523. The first-order valence-electron chi connectivity index (χ1n) is 7.33. The van der Waals surface area contributed by atoms with Gasteiger partial charge in [-0.05, 0) is 59.8 Å². The zero-order valence-electron chi connectivity index (χ0n) is 13.3. The Morgan fingerprint density at radius 2 is 1.84 bits per heavy atom. The van der Waals surface area contributed by atoms with Gasteiger partial charge in [0.15, 0.2) is 5.78 Å². The Kier molecular flexibility index (Phi) is 3.36. The molecule has 0 aromatic heterocycles. The molecule has 1 heteroatoms. The van der Waals surface area contributed by atoms with Gasteiger partial charge in [0.25, 0.3) is 0 Å². The number of benzene rings is 1. The van der Waals surface area contributed by atoms with E-state index in [1.165, 1.54) is 11.1 Å². The van der Waals surface area contributed by atoms with E-state index in [0.29, 0.717) is 17.8 Å². The molecule has 1 aromatic carbocycles. The van der Waals surface area contributed by atoms with Crippen molar-refractivity contribution in [3.63, 3.8) is 0 Å². The fourth-order valence-electron chi connectivity index (χ4n) is 3.84. The van der Waals surface area contributed by atoms with Crippen molar-refractivity contribution in [2.45, 2.75) is 59.8 Å². The van der Waals surface area contributed by atoms with E-state index in [4.69, 9.17) is 0 Å². The van der Waals surface area contributed by atoms with E-state index in [0.717, 1.165) is 11.1 Å². The van der Waals surface area contributed by atoms with Crippen molar-refractivity contribution in [3.8, 4) is 0 Å². The molecule has 104 valence electrons. The van der Waals surface area contributed by atoms with Crippen LogP contribution in [-0.2, 0) is 5.41 Å². The number of Topliss-reactive ketones (excluding diaryl/α,β-unsaturated/α-hetero) is 1. The summed E-state index contributed by atoms with van der Waals surface area (Å²) in [5.41, 5.74) is 5.07. The highest BCUT2D eigenvalue weighted by molar-refractivity contribution is 5.96. The molecule has 2 atom stereocenters. The van der Waals surface area contributed by atoms with Crippen LogP contribution in [0.1, 0.15) is 74.5 Å². The third-order valence-electron chi connectivity index (χ3n) is 5.22. The van der Waals surface area contributed by atoms with Crippen LogP contribution in [0, 0.1) is 18.8 Å². The van der Waals surface area contributed by atoms with Gasteiger partial charge in [-0.25, -0.2) is 0 Å². The van der Waals surface area contributed by atoms with Crippen LogP contribution < -0.4 is 0 Å². The first-order valence-corrected chi connectivity index (χ1v) is 7.33. The SMILES string of the molecule is CC(=O)c1cc2c(cc1C)C(C)(C)C(C)C2C(C)C. The second-order valence-corrected chi connectivity index (χ2v) is 7.09. The number of carbonyl (C=O) groups is 1. The Hall–Kier alpha value is -1.11. The average molecular weight is 258 g/mol. The van der Waals surface area contributed by atoms with Gasteiger partial charge in [-0.15, -0.1) is 0 Å². The van der Waals surface area contributed by atoms with E-state index in [-0.39, 0.29) is 11.2 Å². The molecule has 1 nitrogen and oxygen atoms in total. The highest BCUT2D eigenvalue weighted by atomic mass is 16.1. The van der Waals surface area contributed by atoms with Crippen LogP contribution >= 0.6 is 0 Å². The van der Waals surface area contributed by atoms with Gasteiger partial charge >= 0.3 is 0 Å². The van der Waals surface area contributed by atoms with Crippen LogP contribution in [0.2, 0.25) is 0 Å². The first kappa shape index (κ1) is 14.3. The summed E-state index contributed by atoms with van der Waals surface area (Å²) in [6.07, 6.45) is 0. The topological polar surface area (TPSA) is 17.1 Å². The molecule has 0 amide bonds. The molecule has 1 aromatic rings. The first-order chi connectivity index (χ1) is 8.67. The van der Waals surface area contributed by atoms with Gasteiger partial charge in [-0.3, -0.25) is 4.79 Å². The lowest BCUT2D eigenvalue weighted by Gasteiger charge is -2.30. The summed E-state index contributed by atoms with van der Waals surface area (Å²) >= 11 is 0. The third-order valence-corrected chi connectivity index (χ3v) is 5.22. The van der Waals surface area contributed by atoms with Crippen LogP contribution in [-0.4, -0.2) is 5.78 Å². The molecule has 0 aliphatic heterocycles. The lowest BCUT2D eigenvalue weighted by atomic mass is 9.74. The van der Waals surface area contributed by atoms with E-state index in [2.05, 4.69) is 53.7 Å². The minimum atomic E-state index is 0.181. The van der Waals surface area contributed by atoms with Gasteiger partial charge in [0, 0.05) is 5.56 Å². The lowest BCUT2D eigenvalue weighted by Crippen LogP contribution is -2.25. The molecule has 2 rings (SSSR count). The van der Waals surface area contributed by atoms with E-state index < -0.39 is 0 Å². The average Bonchev–Trinajstić information content (AvgIpc) is 2.47. The number of fused-ring (bicyclic) bond motifs is 1. The summed E-state index contributed by atoms with van der Waals surface area (Å²) in [7, 11) is 0. The molecule has 1 aliphatic carbocycles. The number of ketones is 1. The van der Waals surface area contributed by atoms with Crippen molar-refractivity contribution in [3.05, 3.63) is 34.4 Å². The van der Waals surface area contributed by atoms with Crippen LogP contribution in [0.15, 0.2) is 12.1 Å². The molecule has 0 heterocycles. The zero-order valence-corrected chi connectivity index (χ0v) is 13.3. The Labute approximate surface area is 117 Å². The summed E-state index contributed by atoms with van der Waals surface area (Å²) in [5, 5.41) is 0. The molecule has 0 saturated heterocycles. The van der Waals surface area contributed by atoms with E-state index >= 15 is 0 Å². The molecule has 0 radical (unpaired) electrons. The highest BCUT2D eigenvalue weighted by Crippen LogP contribution is 2.53. The minimum Gasteiger partial charge on any atom is -0.295 e. The lowest BCUT2D eigenvalue weighted by molar-refractivity contribution is 0.101. The van der Waals surface area contributed by atoms with Crippen molar-refractivity contribution < 1.29 is 4.79 Å². The monoisotopic (exact) mass is 258 g/mol. The smallest absolute Gasteiger partial charge is 0.160 e. The van der Waals surface area contributed by atoms with Crippen molar-refractivity contribution >= 4 is 5.78 Å². The van der Waals surface area contributed by atoms with Gasteiger partial charge in [0.05, 0.1) is 0 Å². The molecule has 2 unspecified atom stereocenters. The van der Waals surface area contributed by atoms with Crippen LogP contribution in [0.4, 0.5) is 0 Å². The van der Waals surface area contributed by atoms with Crippen molar-refractivity contribution in [1.29, 1.82) is 0 Å². The van der Waals surface area contributed by atoms with Gasteiger partial charge in [0.1, 0.15) is 0 Å². The molecule has 0 saturated carbocycles. The number of rotatable bonds is 2. The zero-order chi connectivity index (χ0) is 14.5. The van der Waals surface area contributed by atoms with Crippen molar-refractivity contribution in [2.24, 2.45) is 11.8 Å². The molecule has 19 heavy (non-hydrogen) atoms. The molecule has 0 N–H and O–H groups in total. The summed E-state index contributed by atoms with van der Waals surface area (Å²) in [5.74, 6) is 1.96. The normalized spacial score (nSPS) is 24.6. The number of hydrogen-bond donors (Lipinski definition) is 0. The summed E-state index contributed by atoms with van der Waals surface area (Å²) in [6.45, 7) is 15.3. The standard InChI is InChI=1S/C18H26O/c1-10(2)17-12(4)18(6,7)16-8-11(3)14(13(5)19)9-15(16)17/h8-10,12,17H,1-7H3. The number of aryl methyl sites for hydroxylation is 1. The predicted molar refractivity (Wildman–Crippen MR) is 81.0 cm³/mol. The predicted octanol–water partition coefficient (Wildman–Crippen LogP) is 4.86. The fourth-order valence-corrected chi connectivity index (χ4v) is 3.84. The molecule has 0 bridgehead atoms. The maximum Gasteiger partial charge on any atom is 0.160 e. The maximum atomic E-state index is 11.8. The minimum absolute atomic E-state index is 0.181. The van der Waals surface area contributed by atoms with Crippen LogP contribution in [0.5, 0.6) is 0 Å². The van der Waals surface area contributed by atoms with Crippen LogP contribution in [0.25, 0.3) is 0 Å². The number of hydrogen-bond acceptors (Lipinski definition) is 1. The maximum absolute atomic E-state index is 11.8. The Morgan fingerprint density at radius 3 is 2.32 bits per heavy atom. The van der Waals surface area contributed by atoms with E-state index in [1.54, 1.807) is 6.92 Å². The Balaban J connectivity index is 2.69. The number of carbonyl (C=O) groups excluding carboxylic acids is 1. The summed E-state index contributed by atoms with van der Waals surface area (Å²) in [4.78, 5) is 11.8. The van der Waals surface area contributed by atoms with Gasteiger partial charge in [0.2, 0.25) is 0 Å². The summed E-state index contributed by atoms with van der Waals surface area (Å²) < 4.78 is 0. The second-order valence-electron chi connectivity index (χ2n) is 7.09.